The summed E-state index contributed by atoms with van der Waals surface area (Å²) >= 11 is 0. The van der Waals surface area contributed by atoms with Crippen molar-refractivity contribution in [3.05, 3.63) is 36.5 Å². The number of carbonyl (C=O) groups is 1. The number of hydrogen-bond donors (Lipinski definition) is 2. The van der Waals surface area contributed by atoms with Crippen molar-refractivity contribution < 1.29 is 4.79 Å². The lowest BCUT2D eigenvalue weighted by Gasteiger charge is -2.08. The van der Waals surface area contributed by atoms with Gasteiger partial charge in [0.15, 0.2) is 0 Å². The summed E-state index contributed by atoms with van der Waals surface area (Å²) in [5.41, 5.74) is 1.26. The average molecular weight is 285 g/mol. The zero-order chi connectivity index (χ0) is 14.5. The van der Waals surface area contributed by atoms with Crippen LogP contribution >= 0.6 is 0 Å². The molecule has 2 aromatic rings. The van der Waals surface area contributed by atoms with Gasteiger partial charge in [-0.25, -0.2) is 0 Å². The van der Waals surface area contributed by atoms with Crippen LogP contribution in [0.4, 0.5) is 0 Å². The lowest BCUT2D eigenvalue weighted by atomic mass is 10.2. The van der Waals surface area contributed by atoms with Gasteiger partial charge in [0, 0.05) is 24.8 Å². The van der Waals surface area contributed by atoms with Gasteiger partial charge in [-0.3, -0.25) is 4.79 Å². The molecular formula is C17H23N3O. The van der Waals surface area contributed by atoms with Crippen LogP contribution in [0.25, 0.3) is 10.9 Å². The first-order valence-corrected chi connectivity index (χ1v) is 7.84. The third-order valence-electron chi connectivity index (χ3n) is 3.99. The SMILES string of the molecule is O=C(CNCC1CC1)NCCCn1ccc2ccccc21. The molecule has 1 aliphatic rings. The minimum Gasteiger partial charge on any atom is -0.355 e. The molecule has 1 fully saturated rings. The molecule has 1 aromatic heterocycles. The van der Waals surface area contributed by atoms with Crippen molar-refractivity contribution in [1.29, 1.82) is 0 Å². The number of para-hydroxylation sites is 1. The molecule has 0 spiro atoms. The number of nitrogens with zero attached hydrogens (tertiary/aromatic N) is 1. The highest BCUT2D eigenvalue weighted by Gasteiger charge is 2.20. The predicted octanol–water partition coefficient (Wildman–Crippen LogP) is 2.15. The van der Waals surface area contributed by atoms with Gasteiger partial charge in [-0.1, -0.05) is 18.2 Å². The van der Waals surface area contributed by atoms with E-state index >= 15 is 0 Å². The fourth-order valence-electron chi connectivity index (χ4n) is 2.59. The predicted molar refractivity (Wildman–Crippen MR) is 85.2 cm³/mol. The van der Waals surface area contributed by atoms with Gasteiger partial charge in [0.2, 0.25) is 5.91 Å². The molecule has 1 saturated carbocycles. The Labute approximate surface area is 125 Å². The van der Waals surface area contributed by atoms with Crippen LogP contribution in [0.1, 0.15) is 19.3 Å². The number of benzene rings is 1. The molecule has 1 amide bonds. The molecule has 1 aromatic carbocycles. The smallest absolute Gasteiger partial charge is 0.233 e. The topological polar surface area (TPSA) is 46.1 Å². The van der Waals surface area contributed by atoms with Crippen molar-refractivity contribution in [3.63, 3.8) is 0 Å². The molecule has 0 radical (unpaired) electrons. The first-order valence-electron chi connectivity index (χ1n) is 7.84. The Kier molecular flexibility index (Phi) is 4.55. The molecule has 1 aliphatic carbocycles. The molecule has 4 heteroatoms. The van der Waals surface area contributed by atoms with Crippen LogP contribution in [0, 0.1) is 5.92 Å². The van der Waals surface area contributed by atoms with E-state index in [1.165, 1.54) is 23.7 Å². The molecule has 0 aliphatic heterocycles. The van der Waals surface area contributed by atoms with Crippen LogP contribution < -0.4 is 10.6 Å². The van der Waals surface area contributed by atoms with Crippen molar-refractivity contribution in [2.45, 2.75) is 25.8 Å². The third kappa shape index (κ3) is 4.08. The summed E-state index contributed by atoms with van der Waals surface area (Å²) in [7, 11) is 0. The van der Waals surface area contributed by atoms with Gasteiger partial charge in [0.25, 0.3) is 0 Å². The summed E-state index contributed by atoms with van der Waals surface area (Å²) in [6.07, 6.45) is 5.70. The van der Waals surface area contributed by atoms with Crippen molar-refractivity contribution in [2.75, 3.05) is 19.6 Å². The van der Waals surface area contributed by atoms with Crippen LogP contribution in [0.2, 0.25) is 0 Å². The Bertz CT molecular complexity index is 601. The number of amides is 1. The fourth-order valence-corrected chi connectivity index (χ4v) is 2.59. The van der Waals surface area contributed by atoms with E-state index in [9.17, 15) is 4.79 Å². The Morgan fingerprint density at radius 2 is 2.10 bits per heavy atom. The van der Waals surface area contributed by atoms with Gasteiger partial charge in [-0.2, -0.15) is 0 Å². The van der Waals surface area contributed by atoms with Crippen LogP contribution in [0.15, 0.2) is 36.5 Å². The third-order valence-corrected chi connectivity index (χ3v) is 3.99. The molecule has 0 atom stereocenters. The maximum atomic E-state index is 11.6. The van der Waals surface area contributed by atoms with Gasteiger partial charge < -0.3 is 15.2 Å². The number of aromatic nitrogens is 1. The standard InChI is InChI=1S/C17H23N3O/c21-17(13-18-12-14-6-7-14)19-9-3-10-20-11-8-15-4-1-2-5-16(15)20/h1-2,4-5,8,11,14,18H,3,6-7,9-10,12-13H2,(H,19,21). The zero-order valence-electron chi connectivity index (χ0n) is 12.3. The Balaban J connectivity index is 1.34. The number of aryl methyl sites for hydroxylation is 1. The van der Waals surface area contributed by atoms with Crippen molar-refractivity contribution in [2.24, 2.45) is 5.92 Å². The van der Waals surface area contributed by atoms with Gasteiger partial charge >= 0.3 is 0 Å². The quantitative estimate of drug-likeness (QED) is 0.730. The van der Waals surface area contributed by atoms with Gasteiger partial charge in [-0.05, 0) is 49.2 Å². The lowest BCUT2D eigenvalue weighted by molar-refractivity contribution is -0.120. The molecule has 0 bridgehead atoms. The summed E-state index contributed by atoms with van der Waals surface area (Å²) in [5, 5.41) is 7.45. The van der Waals surface area contributed by atoms with Gasteiger partial charge in [0.1, 0.15) is 0 Å². The van der Waals surface area contributed by atoms with E-state index in [-0.39, 0.29) is 5.91 Å². The van der Waals surface area contributed by atoms with E-state index in [0.29, 0.717) is 6.54 Å². The maximum absolute atomic E-state index is 11.6. The zero-order valence-corrected chi connectivity index (χ0v) is 12.3. The van der Waals surface area contributed by atoms with Crippen molar-refractivity contribution in [3.8, 4) is 0 Å². The summed E-state index contributed by atoms with van der Waals surface area (Å²) in [6.45, 7) is 3.10. The first kappa shape index (κ1) is 14.1. The highest BCUT2D eigenvalue weighted by molar-refractivity contribution is 5.80. The molecule has 112 valence electrons. The highest BCUT2D eigenvalue weighted by atomic mass is 16.1. The molecule has 0 unspecified atom stereocenters. The number of hydrogen-bond acceptors (Lipinski definition) is 2. The largest absolute Gasteiger partial charge is 0.355 e. The minimum absolute atomic E-state index is 0.105. The second kappa shape index (κ2) is 6.76. The average Bonchev–Trinajstić information content (AvgIpc) is 3.23. The molecular weight excluding hydrogens is 262 g/mol. The van der Waals surface area contributed by atoms with E-state index < -0.39 is 0 Å². The Morgan fingerprint density at radius 1 is 1.24 bits per heavy atom. The van der Waals surface area contributed by atoms with E-state index in [2.05, 4.69) is 51.7 Å². The summed E-state index contributed by atoms with van der Waals surface area (Å²) < 4.78 is 2.24. The number of carbonyl (C=O) groups excluding carboxylic acids is 1. The van der Waals surface area contributed by atoms with E-state index in [1.807, 2.05) is 0 Å². The maximum Gasteiger partial charge on any atom is 0.233 e. The molecule has 4 nitrogen and oxygen atoms in total. The molecule has 1 heterocycles. The first-order chi connectivity index (χ1) is 10.3. The number of nitrogens with one attached hydrogen (secondary N) is 2. The lowest BCUT2D eigenvalue weighted by Crippen LogP contribution is -2.35. The molecule has 0 saturated heterocycles. The monoisotopic (exact) mass is 285 g/mol. The normalized spacial score (nSPS) is 14.5. The van der Waals surface area contributed by atoms with Crippen LogP contribution in [0.3, 0.4) is 0 Å². The van der Waals surface area contributed by atoms with Crippen molar-refractivity contribution in [1.82, 2.24) is 15.2 Å². The Hall–Kier alpha value is -1.81. The summed E-state index contributed by atoms with van der Waals surface area (Å²) in [4.78, 5) is 11.6. The van der Waals surface area contributed by atoms with Gasteiger partial charge in [0.05, 0.1) is 6.54 Å². The van der Waals surface area contributed by atoms with Crippen LogP contribution in [-0.4, -0.2) is 30.1 Å². The Morgan fingerprint density at radius 3 is 2.95 bits per heavy atom. The van der Waals surface area contributed by atoms with E-state index in [4.69, 9.17) is 0 Å². The fraction of sp³-hybridized carbons (Fsp3) is 0.471. The van der Waals surface area contributed by atoms with E-state index in [0.717, 1.165) is 32.0 Å². The molecule has 2 N–H and O–H groups in total. The summed E-state index contributed by atoms with van der Waals surface area (Å²) in [5.74, 6) is 0.924. The summed E-state index contributed by atoms with van der Waals surface area (Å²) in [6, 6.07) is 10.5. The number of rotatable bonds is 8. The minimum atomic E-state index is 0.105. The van der Waals surface area contributed by atoms with Crippen molar-refractivity contribution >= 4 is 16.8 Å². The van der Waals surface area contributed by atoms with Crippen LogP contribution in [0.5, 0.6) is 0 Å². The van der Waals surface area contributed by atoms with Crippen LogP contribution in [-0.2, 0) is 11.3 Å². The molecule has 3 rings (SSSR count). The highest BCUT2D eigenvalue weighted by Crippen LogP contribution is 2.27. The second-order valence-corrected chi connectivity index (χ2v) is 5.85. The number of fused-ring (bicyclic) bond motifs is 1. The second-order valence-electron chi connectivity index (χ2n) is 5.85. The molecule has 21 heavy (non-hydrogen) atoms. The van der Waals surface area contributed by atoms with Gasteiger partial charge in [-0.15, -0.1) is 0 Å². The van der Waals surface area contributed by atoms with E-state index in [1.54, 1.807) is 0 Å².